The molecule has 0 saturated heterocycles. The molecule has 3 heteroatoms. The van der Waals surface area contributed by atoms with Crippen molar-refractivity contribution in [3.8, 4) is 0 Å². The first-order valence-corrected chi connectivity index (χ1v) is 5.53. The third kappa shape index (κ3) is 18.7. The molecular weight excluding hydrogens is 162 g/mol. The normalized spacial score (nSPS) is 9.23. The van der Waals surface area contributed by atoms with Gasteiger partial charge in [0.1, 0.15) is 0 Å². The minimum atomic E-state index is 0.731. The van der Waals surface area contributed by atoms with E-state index in [-0.39, 0.29) is 0 Å². The van der Waals surface area contributed by atoms with Crippen molar-refractivity contribution < 1.29 is 0 Å². The third-order valence-electron chi connectivity index (χ3n) is 1.51. The molecule has 0 bridgehead atoms. The summed E-state index contributed by atoms with van der Waals surface area (Å²) in [6.07, 6.45) is 2.54. The van der Waals surface area contributed by atoms with E-state index in [0.717, 1.165) is 32.7 Å². The van der Waals surface area contributed by atoms with E-state index in [1.165, 1.54) is 12.8 Å². The van der Waals surface area contributed by atoms with Crippen LogP contribution in [0.3, 0.4) is 0 Å². The second-order valence-electron chi connectivity index (χ2n) is 2.64. The molecule has 0 rings (SSSR count). The highest BCUT2D eigenvalue weighted by Gasteiger charge is 1.85. The van der Waals surface area contributed by atoms with E-state index in [0.29, 0.717) is 0 Å². The van der Waals surface area contributed by atoms with Crippen LogP contribution >= 0.6 is 0 Å². The van der Waals surface area contributed by atoms with Gasteiger partial charge in [0.15, 0.2) is 0 Å². The number of hydrogen-bond donors (Lipinski definition) is 3. The molecule has 0 radical (unpaired) electrons. The first-order chi connectivity index (χ1) is 6.41. The first kappa shape index (κ1) is 15.4. The molecule has 0 heterocycles. The van der Waals surface area contributed by atoms with Crippen molar-refractivity contribution in [2.45, 2.75) is 33.6 Å². The Kier molecular flexibility index (Phi) is 21.1. The molecular formula is C10H27N3. The van der Waals surface area contributed by atoms with E-state index >= 15 is 0 Å². The molecule has 0 amide bonds. The van der Waals surface area contributed by atoms with Gasteiger partial charge in [-0.25, -0.2) is 0 Å². The fourth-order valence-corrected chi connectivity index (χ4v) is 0.831. The highest BCUT2D eigenvalue weighted by atomic mass is 14.9. The molecule has 0 unspecified atom stereocenters. The Bertz CT molecular complexity index is 59.2. The Morgan fingerprint density at radius 2 is 1.46 bits per heavy atom. The molecule has 0 saturated carbocycles. The minimum absolute atomic E-state index is 0.731. The van der Waals surface area contributed by atoms with Crippen LogP contribution in [0.5, 0.6) is 0 Å². The number of unbranched alkanes of at least 4 members (excludes halogenated alkanes) is 1. The Labute approximate surface area is 83.5 Å². The lowest BCUT2D eigenvalue weighted by molar-refractivity contribution is 0.596. The molecule has 3 nitrogen and oxygen atoms in total. The number of nitrogens with one attached hydrogen (secondary N) is 2. The SMILES string of the molecule is CC.CCCCNCCNCCN. The van der Waals surface area contributed by atoms with Crippen molar-refractivity contribution in [3.63, 3.8) is 0 Å². The Balaban J connectivity index is 0. The summed E-state index contributed by atoms with van der Waals surface area (Å²) in [4.78, 5) is 0. The Hall–Kier alpha value is -0.120. The van der Waals surface area contributed by atoms with Gasteiger partial charge >= 0.3 is 0 Å². The van der Waals surface area contributed by atoms with Crippen molar-refractivity contribution in [2.24, 2.45) is 5.73 Å². The number of rotatable bonds is 8. The fraction of sp³-hybridized carbons (Fsp3) is 1.00. The van der Waals surface area contributed by atoms with Crippen LogP contribution in [0.15, 0.2) is 0 Å². The van der Waals surface area contributed by atoms with Crippen molar-refractivity contribution in [1.29, 1.82) is 0 Å². The van der Waals surface area contributed by atoms with E-state index in [9.17, 15) is 0 Å². The van der Waals surface area contributed by atoms with Crippen molar-refractivity contribution >= 4 is 0 Å². The topological polar surface area (TPSA) is 50.1 Å². The lowest BCUT2D eigenvalue weighted by atomic mass is 10.3. The van der Waals surface area contributed by atoms with Gasteiger partial charge in [-0.2, -0.15) is 0 Å². The summed E-state index contributed by atoms with van der Waals surface area (Å²) in [7, 11) is 0. The summed E-state index contributed by atoms with van der Waals surface area (Å²) < 4.78 is 0. The molecule has 4 N–H and O–H groups in total. The smallest absolute Gasteiger partial charge is 0.00772 e. The lowest BCUT2D eigenvalue weighted by Crippen LogP contribution is -2.31. The van der Waals surface area contributed by atoms with Crippen LogP contribution in [0.25, 0.3) is 0 Å². The Morgan fingerprint density at radius 3 is 1.92 bits per heavy atom. The van der Waals surface area contributed by atoms with Gasteiger partial charge in [0.05, 0.1) is 0 Å². The van der Waals surface area contributed by atoms with E-state index < -0.39 is 0 Å². The first-order valence-electron chi connectivity index (χ1n) is 5.53. The average Bonchev–Trinajstić information content (AvgIpc) is 2.20. The molecule has 0 aromatic heterocycles. The van der Waals surface area contributed by atoms with E-state index in [1.54, 1.807) is 0 Å². The standard InChI is InChI=1S/C8H21N3.C2H6/c1-2-3-5-10-7-8-11-6-4-9;1-2/h10-11H,2-9H2,1H3;1-2H3. The number of hydrogen-bond acceptors (Lipinski definition) is 3. The van der Waals surface area contributed by atoms with Gasteiger partial charge in [-0.1, -0.05) is 27.2 Å². The average molecular weight is 189 g/mol. The van der Waals surface area contributed by atoms with Crippen LogP contribution in [0.4, 0.5) is 0 Å². The molecule has 0 aliphatic rings. The van der Waals surface area contributed by atoms with Gasteiger partial charge in [-0.05, 0) is 13.0 Å². The van der Waals surface area contributed by atoms with Crippen LogP contribution in [0.1, 0.15) is 33.6 Å². The predicted octanol–water partition coefficient (Wildman–Crippen LogP) is 0.951. The fourth-order valence-electron chi connectivity index (χ4n) is 0.831. The molecule has 0 fully saturated rings. The van der Waals surface area contributed by atoms with Gasteiger partial charge in [0, 0.05) is 26.2 Å². The zero-order valence-electron chi connectivity index (χ0n) is 9.53. The van der Waals surface area contributed by atoms with Crippen molar-refractivity contribution in [3.05, 3.63) is 0 Å². The third-order valence-corrected chi connectivity index (χ3v) is 1.51. The second kappa shape index (κ2) is 17.8. The maximum atomic E-state index is 5.31. The molecule has 0 aromatic carbocycles. The zero-order valence-corrected chi connectivity index (χ0v) is 9.53. The van der Waals surface area contributed by atoms with Gasteiger partial charge in [0.2, 0.25) is 0 Å². The maximum absolute atomic E-state index is 5.31. The quantitative estimate of drug-likeness (QED) is 0.498. The molecule has 0 aromatic rings. The summed E-state index contributed by atoms with van der Waals surface area (Å²) in [6.45, 7) is 11.1. The van der Waals surface area contributed by atoms with Crippen LogP contribution in [0.2, 0.25) is 0 Å². The maximum Gasteiger partial charge on any atom is 0.00772 e. The van der Waals surface area contributed by atoms with Gasteiger partial charge < -0.3 is 16.4 Å². The highest BCUT2D eigenvalue weighted by Crippen LogP contribution is 1.80. The van der Waals surface area contributed by atoms with Crippen molar-refractivity contribution in [2.75, 3.05) is 32.7 Å². The van der Waals surface area contributed by atoms with Gasteiger partial charge in [0.25, 0.3) is 0 Å². The lowest BCUT2D eigenvalue weighted by Gasteiger charge is -2.04. The highest BCUT2D eigenvalue weighted by molar-refractivity contribution is 4.51. The molecule has 0 aliphatic carbocycles. The molecule has 13 heavy (non-hydrogen) atoms. The monoisotopic (exact) mass is 189 g/mol. The summed E-state index contributed by atoms with van der Waals surface area (Å²) in [6, 6.07) is 0. The zero-order chi connectivity index (χ0) is 10.4. The summed E-state index contributed by atoms with van der Waals surface area (Å²) in [5.74, 6) is 0. The molecule has 82 valence electrons. The van der Waals surface area contributed by atoms with Crippen LogP contribution in [-0.4, -0.2) is 32.7 Å². The molecule has 0 aliphatic heterocycles. The summed E-state index contributed by atoms with van der Waals surface area (Å²) in [5, 5.41) is 6.57. The summed E-state index contributed by atoms with van der Waals surface area (Å²) in [5.41, 5.74) is 5.31. The summed E-state index contributed by atoms with van der Waals surface area (Å²) >= 11 is 0. The van der Waals surface area contributed by atoms with Crippen LogP contribution < -0.4 is 16.4 Å². The van der Waals surface area contributed by atoms with Crippen LogP contribution in [0, 0.1) is 0 Å². The van der Waals surface area contributed by atoms with E-state index in [1.807, 2.05) is 13.8 Å². The Morgan fingerprint density at radius 1 is 0.923 bits per heavy atom. The van der Waals surface area contributed by atoms with Crippen LogP contribution in [-0.2, 0) is 0 Å². The number of nitrogens with two attached hydrogens (primary N) is 1. The minimum Gasteiger partial charge on any atom is -0.329 e. The largest absolute Gasteiger partial charge is 0.329 e. The molecule has 0 spiro atoms. The predicted molar refractivity (Wildman–Crippen MR) is 61.0 cm³/mol. The second-order valence-corrected chi connectivity index (χ2v) is 2.64. The van der Waals surface area contributed by atoms with Gasteiger partial charge in [-0.3, -0.25) is 0 Å². The van der Waals surface area contributed by atoms with Gasteiger partial charge in [-0.15, -0.1) is 0 Å². The van der Waals surface area contributed by atoms with E-state index in [4.69, 9.17) is 5.73 Å². The van der Waals surface area contributed by atoms with Crippen molar-refractivity contribution in [1.82, 2.24) is 10.6 Å². The molecule has 0 atom stereocenters. The van der Waals surface area contributed by atoms with E-state index in [2.05, 4.69) is 17.6 Å².